The Hall–Kier alpha value is -2.70. The zero-order chi connectivity index (χ0) is 17.5. The number of nitrogens with one attached hydrogen (secondary N) is 1. The quantitative estimate of drug-likeness (QED) is 0.917. The first-order valence-corrected chi connectivity index (χ1v) is 8.68. The van der Waals surface area contributed by atoms with Gasteiger partial charge in [0, 0.05) is 57.0 Å². The minimum Gasteiger partial charge on any atom is -0.339 e. The molecule has 25 heavy (non-hydrogen) atoms. The van der Waals surface area contributed by atoms with Gasteiger partial charge in [-0.15, -0.1) is 0 Å². The first-order chi connectivity index (χ1) is 12.2. The predicted octanol–water partition coefficient (Wildman–Crippen LogP) is 1.72. The van der Waals surface area contributed by atoms with Gasteiger partial charge in [0.15, 0.2) is 0 Å². The zero-order valence-electron chi connectivity index (χ0n) is 14.5. The summed E-state index contributed by atoms with van der Waals surface area (Å²) in [5, 5.41) is 3.09. The highest BCUT2D eigenvalue weighted by molar-refractivity contribution is 5.74. The van der Waals surface area contributed by atoms with Crippen LogP contribution in [0.5, 0.6) is 0 Å². The molecule has 0 spiro atoms. The summed E-state index contributed by atoms with van der Waals surface area (Å²) in [4.78, 5) is 29.3. The van der Waals surface area contributed by atoms with E-state index < -0.39 is 0 Å². The molecule has 132 valence electrons. The highest BCUT2D eigenvalue weighted by atomic mass is 16.2. The van der Waals surface area contributed by atoms with Gasteiger partial charge in [-0.2, -0.15) is 0 Å². The molecule has 1 saturated heterocycles. The van der Waals surface area contributed by atoms with Gasteiger partial charge < -0.3 is 15.1 Å². The molecule has 1 N–H and O–H groups in total. The van der Waals surface area contributed by atoms with Crippen molar-refractivity contribution in [2.24, 2.45) is 0 Å². The summed E-state index contributed by atoms with van der Waals surface area (Å²) in [6, 6.07) is 5.81. The Morgan fingerprint density at radius 2 is 2.00 bits per heavy atom. The molecule has 1 atom stereocenters. The lowest BCUT2D eigenvalue weighted by atomic mass is 10.1. The van der Waals surface area contributed by atoms with Crippen molar-refractivity contribution in [3.8, 4) is 0 Å². The Morgan fingerprint density at radius 3 is 2.76 bits per heavy atom. The zero-order valence-corrected chi connectivity index (χ0v) is 14.5. The van der Waals surface area contributed by atoms with Crippen LogP contribution in [0.4, 0.5) is 10.7 Å². The number of pyridine rings is 1. The second-order valence-corrected chi connectivity index (χ2v) is 6.29. The van der Waals surface area contributed by atoms with Crippen LogP contribution >= 0.6 is 0 Å². The van der Waals surface area contributed by atoms with Crippen LogP contribution in [-0.2, 0) is 6.42 Å². The number of hydrogen-bond donors (Lipinski definition) is 1. The van der Waals surface area contributed by atoms with Gasteiger partial charge in [0.2, 0.25) is 5.95 Å². The highest BCUT2D eigenvalue weighted by Crippen LogP contribution is 2.10. The van der Waals surface area contributed by atoms with E-state index in [2.05, 4.69) is 25.2 Å². The third kappa shape index (κ3) is 4.89. The molecule has 0 aliphatic carbocycles. The summed E-state index contributed by atoms with van der Waals surface area (Å²) in [6.07, 6.45) is 8.77. The number of urea groups is 1. The van der Waals surface area contributed by atoms with Crippen LogP contribution in [0.2, 0.25) is 0 Å². The van der Waals surface area contributed by atoms with Crippen LogP contribution in [-0.4, -0.2) is 58.1 Å². The van der Waals surface area contributed by atoms with E-state index >= 15 is 0 Å². The fourth-order valence-electron chi connectivity index (χ4n) is 3.00. The van der Waals surface area contributed by atoms with Crippen LogP contribution in [0.25, 0.3) is 0 Å². The van der Waals surface area contributed by atoms with Gasteiger partial charge >= 0.3 is 6.03 Å². The number of carbonyl (C=O) groups excluding carboxylic acids is 1. The van der Waals surface area contributed by atoms with Crippen molar-refractivity contribution in [2.75, 3.05) is 31.1 Å². The van der Waals surface area contributed by atoms with E-state index in [9.17, 15) is 4.79 Å². The molecular formula is C18H24N6O. The average Bonchev–Trinajstić information content (AvgIpc) is 2.89. The normalized spacial score (nSPS) is 16.2. The Labute approximate surface area is 148 Å². The van der Waals surface area contributed by atoms with Crippen LogP contribution in [0.3, 0.4) is 0 Å². The molecule has 0 saturated carbocycles. The third-order valence-electron chi connectivity index (χ3n) is 4.25. The van der Waals surface area contributed by atoms with Gasteiger partial charge in [-0.1, -0.05) is 6.07 Å². The first kappa shape index (κ1) is 17.1. The summed E-state index contributed by atoms with van der Waals surface area (Å²) in [7, 11) is 0. The number of carbonyl (C=O) groups is 1. The Kier molecular flexibility index (Phi) is 5.77. The first-order valence-electron chi connectivity index (χ1n) is 8.68. The monoisotopic (exact) mass is 340 g/mol. The van der Waals surface area contributed by atoms with Crippen molar-refractivity contribution >= 4 is 12.0 Å². The Morgan fingerprint density at radius 1 is 1.16 bits per heavy atom. The molecule has 2 aromatic rings. The molecular weight excluding hydrogens is 316 g/mol. The molecule has 0 aromatic carbocycles. The molecule has 2 aromatic heterocycles. The van der Waals surface area contributed by atoms with E-state index in [4.69, 9.17) is 0 Å². The highest BCUT2D eigenvalue weighted by Gasteiger charge is 2.21. The molecule has 3 rings (SSSR count). The summed E-state index contributed by atoms with van der Waals surface area (Å²) in [6.45, 7) is 5.04. The molecule has 0 bridgehead atoms. The van der Waals surface area contributed by atoms with E-state index in [1.54, 1.807) is 18.6 Å². The molecule has 0 radical (unpaired) electrons. The maximum Gasteiger partial charge on any atom is 0.317 e. The van der Waals surface area contributed by atoms with Crippen LogP contribution < -0.4 is 10.2 Å². The summed E-state index contributed by atoms with van der Waals surface area (Å²) in [5.41, 5.74) is 1.12. The molecule has 1 fully saturated rings. The van der Waals surface area contributed by atoms with Crippen molar-refractivity contribution < 1.29 is 4.79 Å². The number of anilines is 1. The smallest absolute Gasteiger partial charge is 0.317 e. The molecule has 7 heteroatoms. The van der Waals surface area contributed by atoms with Crippen molar-refractivity contribution in [3.05, 3.63) is 48.5 Å². The SMILES string of the molecule is C[C@@H](Cc1cccnc1)NC(=O)N1CCCN(c2ncccn2)CC1. The maximum atomic E-state index is 12.5. The van der Waals surface area contributed by atoms with Gasteiger partial charge in [-0.05, 0) is 37.5 Å². The van der Waals surface area contributed by atoms with Crippen molar-refractivity contribution in [2.45, 2.75) is 25.8 Å². The lowest BCUT2D eigenvalue weighted by Crippen LogP contribution is -2.46. The summed E-state index contributed by atoms with van der Waals surface area (Å²) in [5.74, 6) is 0.731. The molecule has 1 aliphatic rings. The molecule has 0 unspecified atom stereocenters. The fraction of sp³-hybridized carbons (Fsp3) is 0.444. The number of rotatable bonds is 4. The lowest BCUT2D eigenvalue weighted by Gasteiger charge is -2.24. The summed E-state index contributed by atoms with van der Waals surface area (Å²) >= 11 is 0. The van der Waals surface area contributed by atoms with E-state index in [-0.39, 0.29) is 12.1 Å². The van der Waals surface area contributed by atoms with Gasteiger partial charge in [-0.3, -0.25) is 4.98 Å². The molecule has 2 amide bonds. The Bertz CT molecular complexity index is 666. The number of amides is 2. The second-order valence-electron chi connectivity index (χ2n) is 6.29. The third-order valence-corrected chi connectivity index (χ3v) is 4.25. The van der Waals surface area contributed by atoms with Crippen LogP contribution in [0.15, 0.2) is 43.0 Å². The predicted molar refractivity (Wildman–Crippen MR) is 96.4 cm³/mol. The van der Waals surface area contributed by atoms with Crippen LogP contribution in [0, 0.1) is 0 Å². The largest absolute Gasteiger partial charge is 0.339 e. The van der Waals surface area contributed by atoms with Crippen molar-refractivity contribution in [1.82, 2.24) is 25.2 Å². The van der Waals surface area contributed by atoms with Crippen molar-refractivity contribution in [3.63, 3.8) is 0 Å². The van der Waals surface area contributed by atoms with E-state index in [0.29, 0.717) is 6.54 Å². The lowest BCUT2D eigenvalue weighted by molar-refractivity contribution is 0.198. The minimum atomic E-state index is -0.00720. The second kappa shape index (κ2) is 8.41. The van der Waals surface area contributed by atoms with E-state index in [1.807, 2.05) is 36.2 Å². The number of aromatic nitrogens is 3. The van der Waals surface area contributed by atoms with Gasteiger partial charge in [-0.25, -0.2) is 14.8 Å². The minimum absolute atomic E-state index is 0.00720. The van der Waals surface area contributed by atoms with Gasteiger partial charge in [0.25, 0.3) is 0 Å². The van der Waals surface area contributed by atoms with E-state index in [0.717, 1.165) is 44.0 Å². The maximum absolute atomic E-state index is 12.5. The van der Waals surface area contributed by atoms with Gasteiger partial charge in [0.05, 0.1) is 0 Å². The van der Waals surface area contributed by atoms with Gasteiger partial charge in [0.1, 0.15) is 0 Å². The van der Waals surface area contributed by atoms with E-state index in [1.165, 1.54) is 0 Å². The molecule has 1 aliphatic heterocycles. The number of nitrogens with zero attached hydrogens (tertiary/aromatic N) is 5. The topological polar surface area (TPSA) is 74.2 Å². The molecule has 3 heterocycles. The standard InChI is InChI=1S/C18H24N6O/c1-15(13-16-5-2-6-19-14-16)22-18(25)24-10-4-9-23(11-12-24)17-20-7-3-8-21-17/h2-3,5-8,14-15H,4,9-13H2,1H3,(H,22,25)/t15-/m0/s1. The van der Waals surface area contributed by atoms with Crippen molar-refractivity contribution in [1.29, 1.82) is 0 Å². The number of hydrogen-bond acceptors (Lipinski definition) is 5. The fourth-order valence-corrected chi connectivity index (χ4v) is 3.00. The molecule has 7 nitrogen and oxygen atoms in total. The average molecular weight is 340 g/mol. The van der Waals surface area contributed by atoms with Crippen LogP contribution in [0.1, 0.15) is 18.9 Å². The Balaban J connectivity index is 1.51. The summed E-state index contributed by atoms with van der Waals surface area (Å²) < 4.78 is 0.